The summed E-state index contributed by atoms with van der Waals surface area (Å²) in [7, 11) is 0. The third kappa shape index (κ3) is 2.58. The highest BCUT2D eigenvalue weighted by atomic mass is 35.5. The number of imidazole rings is 1. The van der Waals surface area contributed by atoms with Gasteiger partial charge in [-0.2, -0.15) is 0 Å². The van der Waals surface area contributed by atoms with Crippen molar-refractivity contribution in [2.75, 3.05) is 0 Å². The summed E-state index contributed by atoms with van der Waals surface area (Å²) in [5.74, 6) is 0. The number of fused-ring (bicyclic) bond motifs is 3. The van der Waals surface area contributed by atoms with Crippen LogP contribution < -0.4 is 10.1 Å². The molecule has 0 saturated carbocycles. The molecule has 3 heterocycles. The average Bonchev–Trinajstić information content (AvgIpc) is 3.27. The fourth-order valence-corrected chi connectivity index (χ4v) is 4.86. The number of hydrogen-bond donors (Lipinski definition) is 0. The molecule has 0 radical (unpaired) electrons. The molecule has 28 heavy (non-hydrogen) atoms. The third-order valence-electron chi connectivity index (χ3n) is 4.97. The van der Waals surface area contributed by atoms with Crippen molar-refractivity contribution < 1.29 is 0 Å². The summed E-state index contributed by atoms with van der Waals surface area (Å²) in [4.78, 5) is 18.3. The summed E-state index contributed by atoms with van der Waals surface area (Å²) in [6.07, 6.45) is 1.96. The highest BCUT2D eigenvalue weighted by molar-refractivity contribution is 7.15. The Balaban J connectivity index is 1.71. The van der Waals surface area contributed by atoms with Crippen LogP contribution in [0.5, 0.6) is 0 Å². The lowest BCUT2D eigenvalue weighted by Gasteiger charge is -2.09. The molecule has 0 aliphatic rings. The van der Waals surface area contributed by atoms with E-state index in [0.29, 0.717) is 9.55 Å². The van der Waals surface area contributed by atoms with Gasteiger partial charge in [-0.3, -0.25) is 4.79 Å². The van der Waals surface area contributed by atoms with Crippen LogP contribution >= 0.6 is 22.9 Å². The van der Waals surface area contributed by atoms with Gasteiger partial charge in [0.25, 0.3) is 5.56 Å². The molecule has 3 aromatic heterocycles. The molecule has 0 N–H and O–H groups in total. The van der Waals surface area contributed by atoms with E-state index in [2.05, 4.69) is 29.5 Å². The van der Waals surface area contributed by atoms with Crippen molar-refractivity contribution in [3.8, 4) is 5.69 Å². The second-order valence-electron chi connectivity index (χ2n) is 6.78. The van der Waals surface area contributed by atoms with Crippen LogP contribution in [0.15, 0.2) is 59.4 Å². The van der Waals surface area contributed by atoms with Crippen molar-refractivity contribution in [1.29, 1.82) is 0 Å². The maximum atomic E-state index is 13.0. The van der Waals surface area contributed by atoms with Crippen molar-refractivity contribution in [2.45, 2.75) is 13.8 Å². The largest absolute Gasteiger partial charge is 0.318 e. The van der Waals surface area contributed by atoms with Gasteiger partial charge in [-0.05, 0) is 61.9 Å². The number of aryl methyl sites for hydroxylation is 1. The first-order valence-electron chi connectivity index (χ1n) is 8.89. The van der Waals surface area contributed by atoms with Gasteiger partial charge < -0.3 is 4.57 Å². The molecule has 0 aliphatic carbocycles. The monoisotopic (exact) mass is 405 g/mol. The third-order valence-corrected chi connectivity index (χ3v) is 6.17. The Kier molecular flexibility index (Phi) is 3.89. The molecule has 0 spiro atoms. The van der Waals surface area contributed by atoms with Gasteiger partial charge in [-0.25, -0.2) is 9.38 Å². The molecule has 4 nitrogen and oxygen atoms in total. The van der Waals surface area contributed by atoms with E-state index in [4.69, 9.17) is 11.6 Å². The maximum Gasteiger partial charge on any atom is 0.274 e. The lowest BCUT2D eigenvalue weighted by Crippen LogP contribution is -2.22. The molecule has 0 saturated heterocycles. The Hall–Kier alpha value is -2.89. The molecule has 0 fully saturated rings. The lowest BCUT2D eigenvalue weighted by atomic mass is 10.2. The zero-order valence-electron chi connectivity index (χ0n) is 15.3. The molecule has 0 unspecified atom stereocenters. The highest BCUT2D eigenvalue weighted by Gasteiger charge is 2.13. The van der Waals surface area contributed by atoms with Gasteiger partial charge in [0.15, 0.2) is 4.96 Å². The summed E-state index contributed by atoms with van der Waals surface area (Å²) in [6, 6.07) is 17.6. The molecular weight excluding hydrogens is 390 g/mol. The SMILES string of the molecule is Cc1cc(/C=c2\sc3nc4ccccc4n3c2=O)c(C)n1-c1cccc(Cl)c1. The minimum absolute atomic E-state index is 0.0266. The quantitative estimate of drug-likeness (QED) is 0.433. The number of rotatable bonds is 2. The molecule has 6 heteroatoms. The summed E-state index contributed by atoms with van der Waals surface area (Å²) in [5, 5.41) is 0.698. The van der Waals surface area contributed by atoms with E-state index in [1.54, 1.807) is 4.40 Å². The maximum absolute atomic E-state index is 13.0. The van der Waals surface area contributed by atoms with Crippen LogP contribution in [0.4, 0.5) is 0 Å². The van der Waals surface area contributed by atoms with Gasteiger partial charge in [0.2, 0.25) is 0 Å². The summed E-state index contributed by atoms with van der Waals surface area (Å²) < 4.78 is 4.53. The number of halogens is 1. The van der Waals surface area contributed by atoms with E-state index in [0.717, 1.165) is 38.6 Å². The van der Waals surface area contributed by atoms with Crippen LogP contribution in [-0.2, 0) is 0 Å². The van der Waals surface area contributed by atoms with Gasteiger partial charge >= 0.3 is 0 Å². The zero-order valence-corrected chi connectivity index (χ0v) is 16.9. The van der Waals surface area contributed by atoms with Crippen LogP contribution in [0.1, 0.15) is 17.0 Å². The minimum atomic E-state index is -0.0266. The molecule has 138 valence electrons. The molecule has 2 aromatic carbocycles. The Morgan fingerprint density at radius 3 is 2.71 bits per heavy atom. The smallest absolute Gasteiger partial charge is 0.274 e. The van der Waals surface area contributed by atoms with E-state index in [1.807, 2.05) is 54.6 Å². The van der Waals surface area contributed by atoms with Gasteiger partial charge in [-0.15, -0.1) is 0 Å². The zero-order chi connectivity index (χ0) is 19.4. The molecule has 5 aromatic rings. The predicted octanol–water partition coefficient (Wildman–Crippen LogP) is 4.52. The summed E-state index contributed by atoms with van der Waals surface area (Å²) in [6.45, 7) is 4.11. The number of hydrogen-bond acceptors (Lipinski definition) is 3. The first-order chi connectivity index (χ1) is 13.5. The first kappa shape index (κ1) is 17.2. The van der Waals surface area contributed by atoms with Crippen molar-refractivity contribution in [2.24, 2.45) is 0 Å². The Morgan fingerprint density at radius 1 is 1.07 bits per heavy atom. The van der Waals surface area contributed by atoms with E-state index >= 15 is 0 Å². The number of aromatic nitrogens is 3. The predicted molar refractivity (Wildman–Crippen MR) is 116 cm³/mol. The lowest BCUT2D eigenvalue weighted by molar-refractivity contribution is 0.964. The number of nitrogens with zero attached hydrogens (tertiary/aromatic N) is 3. The second-order valence-corrected chi connectivity index (χ2v) is 8.22. The molecule has 0 atom stereocenters. The Morgan fingerprint density at radius 2 is 1.89 bits per heavy atom. The number of benzene rings is 2. The normalized spacial score (nSPS) is 12.5. The van der Waals surface area contributed by atoms with E-state index in [9.17, 15) is 4.79 Å². The van der Waals surface area contributed by atoms with Gasteiger partial charge in [-0.1, -0.05) is 41.1 Å². The topological polar surface area (TPSA) is 39.3 Å². The van der Waals surface area contributed by atoms with E-state index in [-0.39, 0.29) is 5.56 Å². The molecule has 5 rings (SSSR count). The minimum Gasteiger partial charge on any atom is -0.318 e. The van der Waals surface area contributed by atoms with Crippen LogP contribution in [0.3, 0.4) is 0 Å². The fraction of sp³-hybridized carbons (Fsp3) is 0.0909. The van der Waals surface area contributed by atoms with E-state index < -0.39 is 0 Å². The van der Waals surface area contributed by atoms with Crippen molar-refractivity contribution in [3.05, 3.63) is 91.5 Å². The number of para-hydroxylation sites is 2. The van der Waals surface area contributed by atoms with Crippen LogP contribution in [0.2, 0.25) is 5.02 Å². The van der Waals surface area contributed by atoms with E-state index in [1.165, 1.54) is 11.3 Å². The van der Waals surface area contributed by atoms with Gasteiger partial charge in [0.05, 0.1) is 15.6 Å². The Labute approximate surface area is 169 Å². The fourth-order valence-electron chi connectivity index (χ4n) is 3.70. The molecule has 0 bridgehead atoms. The standard InChI is InChI=1S/C22H16ClN3OS/c1-13-10-15(14(2)25(13)17-7-5-6-16(23)12-17)11-20-21(27)26-19-9-4-3-8-18(19)24-22(26)28-20/h3-12H,1-2H3/b20-11-. The summed E-state index contributed by atoms with van der Waals surface area (Å²) >= 11 is 7.59. The van der Waals surface area contributed by atoms with Crippen molar-refractivity contribution in [3.63, 3.8) is 0 Å². The highest BCUT2D eigenvalue weighted by Crippen LogP contribution is 2.23. The molecule has 0 amide bonds. The molecule has 0 aliphatic heterocycles. The van der Waals surface area contributed by atoms with Crippen molar-refractivity contribution in [1.82, 2.24) is 14.0 Å². The summed E-state index contributed by atoms with van der Waals surface area (Å²) in [5.41, 5.74) is 5.85. The average molecular weight is 406 g/mol. The molecular formula is C22H16ClN3OS. The van der Waals surface area contributed by atoms with Crippen LogP contribution in [0, 0.1) is 13.8 Å². The van der Waals surface area contributed by atoms with Crippen LogP contribution in [0.25, 0.3) is 27.8 Å². The Bertz CT molecular complexity index is 1480. The first-order valence-corrected chi connectivity index (χ1v) is 10.1. The van der Waals surface area contributed by atoms with Crippen LogP contribution in [-0.4, -0.2) is 14.0 Å². The van der Waals surface area contributed by atoms with Gasteiger partial charge in [0, 0.05) is 22.1 Å². The second kappa shape index (κ2) is 6.33. The van der Waals surface area contributed by atoms with Crippen molar-refractivity contribution >= 4 is 45.0 Å². The number of thiazole rings is 1. The van der Waals surface area contributed by atoms with Gasteiger partial charge in [0.1, 0.15) is 0 Å².